The Bertz CT molecular complexity index is 1360. The van der Waals surface area contributed by atoms with E-state index in [0.29, 0.717) is 28.9 Å². The molecule has 1 fully saturated rings. The zero-order valence-electron chi connectivity index (χ0n) is 19.5. The van der Waals surface area contributed by atoms with Crippen LogP contribution in [0.3, 0.4) is 0 Å². The molecule has 0 bridgehead atoms. The molecule has 36 heavy (non-hydrogen) atoms. The van der Waals surface area contributed by atoms with Gasteiger partial charge in [0, 0.05) is 18.2 Å². The van der Waals surface area contributed by atoms with Crippen LogP contribution in [0.5, 0.6) is 11.5 Å². The lowest BCUT2D eigenvalue weighted by Gasteiger charge is -2.32. The lowest BCUT2D eigenvalue weighted by molar-refractivity contribution is -0.142. The van der Waals surface area contributed by atoms with Crippen molar-refractivity contribution >= 4 is 16.0 Å². The molecule has 1 N–H and O–H groups in total. The Morgan fingerprint density at radius 2 is 1.75 bits per heavy atom. The van der Waals surface area contributed by atoms with Gasteiger partial charge in [-0.3, -0.25) is 4.79 Å². The lowest BCUT2D eigenvalue weighted by atomic mass is 10.0. The van der Waals surface area contributed by atoms with Crippen molar-refractivity contribution in [2.45, 2.75) is 32.0 Å². The molecule has 0 aliphatic carbocycles. The number of sulfonamides is 1. The number of methoxy groups -OCH3 is 1. The second-order valence-electron chi connectivity index (χ2n) is 8.46. The molecule has 10 heteroatoms. The van der Waals surface area contributed by atoms with Crippen molar-refractivity contribution in [2.24, 2.45) is 0 Å². The average Bonchev–Trinajstić information content (AvgIpc) is 2.85. The van der Waals surface area contributed by atoms with Crippen LogP contribution >= 0.6 is 0 Å². The molecule has 0 radical (unpaired) electrons. The number of carboxylic acid groups (broad SMARTS) is 1. The predicted octanol–water partition coefficient (Wildman–Crippen LogP) is 4.60. The van der Waals surface area contributed by atoms with Gasteiger partial charge in [-0.15, -0.1) is 0 Å². The van der Waals surface area contributed by atoms with E-state index in [1.165, 1.54) is 7.11 Å². The van der Waals surface area contributed by atoms with Gasteiger partial charge in [0.05, 0.1) is 12.9 Å². The summed E-state index contributed by atoms with van der Waals surface area (Å²) in [7, 11) is -2.27. The van der Waals surface area contributed by atoms with Crippen LogP contribution in [0.4, 0.5) is 8.78 Å². The molecule has 4 rings (SSSR count). The molecular weight excluding hydrogens is 492 g/mol. The number of nitrogens with zero attached hydrogens (tertiary/aromatic N) is 1. The molecule has 190 valence electrons. The summed E-state index contributed by atoms with van der Waals surface area (Å²) in [5, 5.41) is 9.46. The first-order valence-corrected chi connectivity index (χ1v) is 12.9. The summed E-state index contributed by atoms with van der Waals surface area (Å²) >= 11 is 0. The van der Waals surface area contributed by atoms with E-state index >= 15 is 0 Å². The van der Waals surface area contributed by atoms with Crippen molar-refractivity contribution in [1.29, 1.82) is 0 Å². The van der Waals surface area contributed by atoms with Gasteiger partial charge in [0.1, 0.15) is 24.1 Å². The van der Waals surface area contributed by atoms with E-state index in [4.69, 9.17) is 9.47 Å². The standard InChI is InChI=1S/C26H25F2NO6S/c1-34-25-14-23(28)22(27)13-21(25)19-7-9-20(10-8-19)35-16-18-5-2-4-17(12-18)15-29-24(26(30)31)6-3-11-36(29,32)33/h2,4-5,7-10,12-14,24H,3,6,11,15-16H2,1H3,(H,30,31). The number of hydrogen-bond donors (Lipinski definition) is 1. The Morgan fingerprint density at radius 3 is 2.44 bits per heavy atom. The van der Waals surface area contributed by atoms with E-state index in [9.17, 15) is 27.1 Å². The Balaban J connectivity index is 1.45. The highest BCUT2D eigenvalue weighted by molar-refractivity contribution is 7.89. The average molecular weight is 518 g/mol. The minimum atomic E-state index is -3.65. The van der Waals surface area contributed by atoms with Gasteiger partial charge in [0.25, 0.3) is 0 Å². The zero-order chi connectivity index (χ0) is 25.9. The van der Waals surface area contributed by atoms with Gasteiger partial charge in [0.2, 0.25) is 10.0 Å². The third-order valence-electron chi connectivity index (χ3n) is 6.01. The van der Waals surface area contributed by atoms with Crippen LogP contribution in [-0.4, -0.2) is 42.7 Å². The van der Waals surface area contributed by atoms with E-state index < -0.39 is 33.7 Å². The van der Waals surface area contributed by atoms with Gasteiger partial charge >= 0.3 is 5.97 Å². The van der Waals surface area contributed by atoms with Crippen LogP contribution < -0.4 is 9.47 Å². The van der Waals surface area contributed by atoms with Gasteiger partial charge in [-0.05, 0) is 47.7 Å². The largest absolute Gasteiger partial charge is 0.496 e. The molecule has 7 nitrogen and oxygen atoms in total. The molecule has 1 aliphatic heterocycles. The molecule has 1 atom stereocenters. The number of benzene rings is 3. The molecule has 0 saturated carbocycles. The van der Waals surface area contributed by atoms with E-state index in [2.05, 4.69) is 0 Å². The Hall–Kier alpha value is -3.50. The van der Waals surface area contributed by atoms with E-state index in [-0.39, 0.29) is 31.1 Å². The molecule has 1 saturated heterocycles. The van der Waals surface area contributed by atoms with E-state index in [1.807, 2.05) is 6.07 Å². The van der Waals surface area contributed by atoms with Gasteiger partial charge in [-0.25, -0.2) is 17.2 Å². The number of hydrogen-bond acceptors (Lipinski definition) is 5. The number of aliphatic carboxylic acids is 1. The first kappa shape index (κ1) is 25.6. The summed E-state index contributed by atoms with van der Waals surface area (Å²) in [6.45, 7) is 0.161. The third-order valence-corrected chi connectivity index (χ3v) is 7.92. The maximum Gasteiger partial charge on any atom is 0.322 e. The van der Waals surface area contributed by atoms with Crippen LogP contribution in [0.1, 0.15) is 24.0 Å². The topological polar surface area (TPSA) is 93.1 Å². The van der Waals surface area contributed by atoms with Crippen molar-refractivity contribution < 1.29 is 36.6 Å². The lowest BCUT2D eigenvalue weighted by Crippen LogP contribution is -2.48. The van der Waals surface area contributed by atoms with Crippen LogP contribution in [0.2, 0.25) is 0 Å². The number of ether oxygens (including phenoxy) is 2. The van der Waals surface area contributed by atoms with Crippen LogP contribution in [0.25, 0.3) is 11.1 Å². The maximum atomic E-state index is 13.7. The van der Waals surface area contributed by atoms with Crippen molar-refractivity contribution in [1.82, 2.24) is 4.31 Å². The first-order valence-electron chi connectivity index (χ1n) is 11.2. The van der Waals surface area contributed by atoms with Gasteiger partial charge in [-0.2, -0.15) is 4.31 Å². The van der Waals surface area contributed by atoms with Gasteiger partial charge in [0.15, 0.2) is 11.6 Å². The second kappa shape index (κ2) is 10.6. The van der Waals surface area contributed by atoms with Crippen LogP contribution in [-0.2, 0) is 28.0 Å². The Kier molecular flexibility index (Phi) is 7.56. The van der Waals surface area contributed by atoms with E-state index in [0.717, 1.165) is 22.0 Å². The normalized spacial score (nSPS) is 17.5. The first-order chi connectivity index (χ1) is 17.2. The maximum absolute atomic E-state index is 13.7. The molecule has 1 unspecified atom stereocenters. The molecule has 0 amide bonds. The molecule has 1 aliphatic rings. The summed E-state index contributed by atoms with van der Waals surface area (Å²) in [6.07, 6.45) is 0.606. The summed E-state index contributed by atoms with van der Waals surface area (Å²) < 4.78 is 64.3. The molecule has 3 aromatic rings. The fraction of sp³-hybridized carbons (Fsp3) is 0.269. The summed E-state index contributed by atoms with van der Waals surface area (Å²) in [5.41, 5.74) is 2.47. The van der Waals surface area contributed by atoms with Crippen molar-refractivity contribution in [3.63, 3.8) is 0 Å². The smallest absolute Gasteiger partial charge is 0.322 e. The van der Waals surface area contributed by atoms with Gasteiger partial charge in [-0.1, -0.05) is 36.4 Å². The number of halogens is 2. The van der Waals surface area contributed by atoms with Crippen molar-refractivity contribution in [2.75, 3.05) is 12.9 Å². The minimum Gasteiger partial charge on any atom is -0.496 e. The molecule has 3 aromatic carbocycles. The molecule has 0 spiro atoms. The second-order valence-corrected chi connectivity index (χ2v) is 10.5. The number of carboxylic acids is 1. The molecule has 0 aromatic heterocycles. The summed E-state index contributed by atoms with van der Waals surface area (Å²) in [5.74, 6) is -2.43. The summed E-state index contributed by atoms with van der Waals surface area (Å²) in [6, 6.07) is 14.9. The van der Waals surface area contributed by atoms with Crippen molar-refractivity contribution in [3.05, 3.63) is 83.4 Å². The Morgan fingerprint density at radius 1 is 1.06 bits per heavy atom. The minimum absolute atomic E-state index is 0.0299. The fourth-order valence-corrected chi connectivity index (χ4v) is 5.88. The predicted molar refractivity (Wildman–Crippen MR) is 129 cm³/mol. The quantitative estimate of drug-likeness (QED) is 0.470. The van der Waals surface area contributed by atoms with Crippen molar-refractivity contribution in [3.8, 4) is 22.6 Å². The summed E-state index contributed by atoms with van der Waals surface area (Å²) in [4.78, 5) is 11.6. The number of rotatable bonds is 8. The van der Waals surface area contributed by atoms with Crippen LogP contribution in [0.15, 0.2) is 60.7 Å². The van der Waals surface area contributed by atoms with Crippen LogP contribution in [0, 0.1) is 11.6 Å². The number of carbonyl (C=O) groups is 1. The zero-order valence-corrected chi connectivity index (χ0v) is 20.3. The Labute approximate surface area is 207 Å². The highest BCUT2D eigenvalue weighted by Crippen LogP contribution is 2.33. The van der Waals surface area contributed by atoms with E-state index in [1.54, 1.807) is 42.5 Å². The molecular formula is C26H25F2NO6S. The SMILES string of the molecule is COc1cc(F)c(F)cc1-c1ccc(OCc2cccc(CN3C(C(=O)O)CCCS3(=O)=O)c2)cc1. The third kappa shape index (κ3) is 5.66. The fourth-order valence-electron chi connectivity index (χ4n) is 4.19. The van der Waals surface area contributed by atoms with Gasteiger partial charge < -0.3 is 14.6 Å². The highest BCUT2D eigenvalue weighted by Gasteiger charge is 2.38. The molecule has 1 heterocycles. The highest BCUT2D eigenvalue weighted by atomic mass is 32.2. The monoisotopic (exact) mass is 517 g/mol.